The van der Waals surface area contributed by atoms with Gasteiger partial charge >= 0.3 is 5.76 Å². The molecule has 1 fully saturated rings. The highest BCUT2D eigenvalue weighted by Gasteiger charge is 2.29. The molecule has 13 heteroatoms. The van der Waals surface area contributed by atoms with Crippen LogP contribution in [-0.2, 0) is 31.8 Å². The summed E-state index contributed by atoms with van der Waals surface area (Å²) in [5, 5.41) is 0. The Bertz CT molecular complexity index is 1420. The fraction of sp³-hybridized carbons (Fsp3) is 0.278. The molecule has 1 aromatic heterocycles. The molecule has 31 heavy (non-hydrogen) atoms. The van der Waals surface area contributed by atoms with Crippen LogP contribution in [0, 0.1) is 5.82 Å². The fourth-order valence-electron chi connectivity index (χ4n) is 3.19. The van der Waals surface area contributed by atoms with Gasteiger partial charge in [-0.2, -0.15) is 4.31 Å². The maximum absolute atomic E-state index is 14.3. The van der Waals surface area contributed by atoms with E-state index in [1.807, 2.05) is 0 Å². The van der Waals surface area contributed by atoms with E-state index in [0.29, 0.717) is 5.52 Å². The highest BCUT2D eigenvalue weighted by atomic mass is 32.2. The molecule has 2 aromatic carbocycles. The Labute approximate surface area is 176 Å². The van der Waals surface area contributed by atoms with E-state index < -0.39 is 36.5 Å². The molecular formula is C18H18FN3O7S2. The molecule has 0 atom stereocenters. The second-order valence-corrected chi connectivity index (χ2v) is 10.4. The number of rotatable bonds is 5. The van der Waals surface area contributed by atoms with Gasteiger partial charge in [-0.05, 0) is 30.3 Å². The van der Waals surface area contributed by atoms with Gasteiger partial charge in [0, 0.05) is 26.2 Å². The topological polar surface area (TPSA) is 128 Å². The lowest BCUT2D eigenvalue weighted by Gasteiger charge is -2.26. The lowest BCUT2D eigenvalue weighted by molar-refractivity contribution is 0.0729. The highest BCUT2D eigenvalue weighted by molar-refractivity contribution is 7.92. The van der Waals surface area contributed by atoms with Crippen molar-refractivity contribution in [3.63, 3.8) is 0 Å². The first-order valence-corrected chi connectivity index (χ1v) is 12.0. The zero-order chi connectivity index (χ0) is 22.4. The average molecular weight is 471 g/mol. The van der Waals surface area contributed by atoms with Crippen molar-refractivity contribution < 1.29 is 30.4 Å². The summed E-state index contributed by atoms with van der Waals surface area (Å²) in [6, 6.07) is 6.78. The summed E-state index contributed by atoms with van der Waals surface area (Å²) in [5.74, 6) is -1.64. The van der Waals surface area contributed by atoms with Crippen LogP contribution < -0.4 is 10.5 Å². The maximum atomic E-state index is 14.3. The van der Waals surface area contributed by atoms with Crippen molar-refractivity contribution >= 4 is 36.8 Å². The maximum Gasteiger partial charge on any atom is 0.419 e. The Morgan fingerprint density at radius 3 is 2.45 bits per heavy atom. The van der Waals surface area contributed by atoms with Crippen LogP contribution in [0.4, 0.5) is 10.1 Å². The van der Waals surface area contributed by atoms with E-state index in [9.17, 15) is 26.0 Å². The van der Waals surface area contributed by atoms with Gasteiger partial charge < -0.3 is 9.15 Å². The Kier molecular flexibility index (Phi) is 5.37. The van der Waals surface area contributed by atoms with E-state index in [4.69, 9.17) is 9.15 Å². The van der Waals surface area contributed by atoms with Crippen LogP contribution in [0.3, 0.4) is 0 Å². The Balaban J connectivity index is 1.67. The van der Waals surface area contributed by atoms with Crippen molar-refractivity contribution in [2.75, 3.05) is 31.0 Å². The van der Waals surface area contributed by atoms with Crippen molar-refractivity contribution in [1.82, 2.24) is 8.87 Å². The number of hydrogen-bond acceptors (Lipinski definition) is 7. The van der Waals surface area contributed by atoms with Crippen molar-refractivity contribution in [3.8, 4) is 0 Å². The zero-order valence-electron chi connectivity index (χ0n) is 16.2. The molecule has 0 bridgehead atoms. The Morgan fingerprint density at radius 1 is 1.03 bits per heavy atom. The van der Waals surface area contributed by atoms with Crippen molar-refractivity contribution in [1.29, 1.82) is 0 Å². The molecule has 0 unspecified atom stereocenters. The smallest absolute Gasteiger partial charge is 0.408 e. The van der Waals surface area contributed by atoms with Crippen LogP contribution in [-0.4, -0.2) is 52.0 Å². The number of anilines is 1. The molecule has 0 saturated carbocycles. The molecule has 166 valence electrons. The third-order valence-corrected chi connectivity index (χ3v) is 8.14. The molecule has 1 aliphatic heterocycles. The predicted octanol–water partition coefficient (Wildman–Crippen LogP) is 1.09. The van der Waals surface area contributed by atoms with E-state index in [1.165, 1.54) is 29.8 Å². The number of benzene rings is 2. The fourth-order valence-corrected chi connectivity index (χ4v) is 5.75. The monoisotopic (exact) mass is 471 g/mol. The van der Waals surface area contributed by atoms with Crippen molar-refractivity contribution in [2.24, 2.45) is 7.05 Å². The van der Waals surface area contributed by atoms with E-state index in [-0.39, 0.29) is 42.5 Å². The van der Waals surface area contributed by atoms with Gasteiger partial charge in [0.15, 0.2) is 5.58 Å². The predicted molar refractivity (Wildman–Crippen MR) is 108 cm³/mol. The first-order valence-electron chi connectivity index (χ1n) is 9.09. The summed E-state index contributed by atoms with van der Waals surface area (Å²) in [7, 11) is -6.87. The summed E-state index contributed by atoms with van der Waals surface area (Å²) < 4.78 is 80.1. The summed E-state index contributed by atoms with van der Waals surface area (Å²) in [5.41, 5.74) is 0.345. The Hall–Kier alpha value is -2.74. The summed E-state index contributed by atoms with van der Waals surface area (Å²) >= 11 is 0. The number of ether oxygens (including phenoxy) is 1. The number of nitrogens with zero attached hydrogens (tertiary/aromatic N) is 2. The minimum atomic E-state index is -4.18. The average Bonchev–Trinajstić information content (AvgIpc) is 3.03. The number of hydrogen-bond donors (Lipinski definition) is 1. The molecule has 2 heterocycles. The lowest BCUT2D eigenvalue weighted by atomic mass is 10.3. The molecule has 0 amide bonds. The number of nitrogens with one attached hydrogen (secondary N) is 1. The van der Waals surface area contributed by atoms with E-state index in [1.54, 1.807) is 0 Å². The van der Waals surface area contributed by atoms with Crippen molar-refractivity contribution in [3.05, 3.63) is 52.8 Å². The molecule has 4 rings (SSSR count). The van der Waals surface area contributed by atoms with Crippen LogP contribution in [0.2, 0.25) is 0 Å². The minimum Gasteiger partial charge on any atom is -0.408 e. The SMILES string of the molecule is Cn1c(=O)oc2cc(S(=O)(=O)Nc3ccc(F)c(S(=O)(=O)N4CCOCC4)c3)ccc21. The molecule has 10 nitrogen and oxygen atoms in total. The Morgan fingerprint density at radius 2 is 1.74 bits per heavy atom. The van der Waals surface area contributed by atoms with Gasteiger partial charge in [0.2, 0.25) is 10.0 Å². The standard InChI is InChI=1S/C18H18FN3O7S2/c1-21-15-5-3-13(11-16(15)29-18(21)23)30(24,25)20-12-2-4-14(19)17(10-12)31(26,27)22-6-8-28-9-7-22/h2-5,10-11,20H,6-9H2,1H3. The number of halogens is 1. The number of fused-ring (bicyclic) bond motifs is 1. The van der Waals surface area contributed by atoms with Crippen LogP contribution >= 0.6 is 0 Å². The van der Waals surface area contributed by atoms with Gasteiger partial charge in [0.1, 0.15) is 10.7 Å². The first-order chi connectivity index (χ1) is 14.6. The first kappa shape index (κ1) is 21.5. The number of morpholine rings is 1. The largest absolute Gasteiger partial charge is 0.419 e. The van der Waals surface area contributed by atoms with Gasteiger partial charge in [0.25, 0.3) is 10.0 Å². The summed E-state index contributed by atoms with van der Waals surface area (Å²) in [4.78, 5) is 10.8. The van der Waals surface area contributed by atoms with E-state index in [0.717, 1.165) is 22.5 Å². The van der Waals surface area contributed by atoms with Crippen LogP contribution in [0.1, 0.15) is 0 Å². The molecule has 0 aliphatic carbocycles. The normalized spacial score (nSPS) is 15.9. The van der Waals surface area contributed by atoms with Crippen LogP contribution in [0.5, 0.6) is 0 Å². The van der Waals surface area contributed by atoms with Crippen LogP contribution in [0.25, 0.3) is 11.1 Å². The lowest BCUT2D eigenvalue weighted by Crippen LogP contribution is -2.40. The van der Waals surface area contributed by atoms with E-state index >= 15 is 0 Å². The van der Waals surface area contributed by atoms with E-state index in [2.05, 4.69) is 4.72 Å². The van der Waals surface area contributed by atoms with Gasteiger partial charge in [-0.1, -0.05) is 0 Å². The quantitative estimate of drug-likeness (QED) is 0.590. The number of sulfonamides is 2. The molecule has 1 N–H and O–H groups in total. The van der Waals surface area contributed by atoms with Gasteiger partial charge in [-0.25, -0.2) is 26.0 Å². The zero-order valence-corrected chi connectivity index (χ0v) is 17.9. The van der Waals surface area contributed by atoms with Gasteiger partial charge in [-0.15, -0.1) is 0 Å². The molecule has 3 aromatic rings. The second-order valence-electron chi connectivity index (χ2n) is 6.82. The van der Waals surface area contributed by atoms with Gasteiger partial charge in [0.05, 0.1) is 29.3 Å². The highest BCUT2D eigenvalue weighted by Crippen LogP contribution is 2.26. The number of aryl methyl sites for hydroxylation is 1. The third-order valence-electron chi connectivity index (χ3n) is 4.85. The second kappa shape index (κ2) is 7.75. The minimum absolute atomic E-state index is 0.0695. The molecular weight excluding hydrogens is 453 g/mol. The number of oxazole rings is 1. The van der Waals surface area contributed by atoms with Crippen molar-refractivity contribution in [2.45, 2.75) is 9.79 Å². The molecule has 0 spiro atoms. The summed E-state index contributed by atoms with van der Waals surface area (Å²) in [6.45, 7) is 0.510. The molecule has 1 aliphatic rings. The van der Waals surface area contributed by atoms with Crippen LogP contribution in [0.15, 0.2) is 55.4 Å². The summed E-state index contributed by atoms with van der Waals surface area (Å²) in [6.07, 6.45) is 0. The van der Waals surface area contributed by atoms with Gasteiger partial charge in [-0.3, -0.25) is 9.29 Å². The number of aromatic nitrogens is 1. The molecule has 0 radical (unpaired) electrons. The third kappa shape index (κ3) is 3.96. The molecule has 1 saturated heterocycles.